The monoisotopic (exact) mass is 324 g/mol. The molecule has 0 bridgehead atoms. The number of hydrogen-bond donors (Lipinski definition) is 3. The molecule has 0 aromatic carbocycles. The summed E-state index contributed by atoms with van der Waals surface area (Å²) in [6.07, 6.45) is 8.06. The van der Waals surface area contributed by atoms with Gasteiger partial charge in [-0.2, -0.15) is 0 Å². The fraction of sp³-hybridized carbons (Fsp3) is 0.944. The number of urea groups is 1. The van der Waals surface area contributed by atoms with Crippen molar-refractivity contribution in [3.8, 4) is 0 Å². The van der Waals surface area contributed by atoms with Gasteiger partial charge in [0.15, 0.2) is 0 Å². The van der Waals surface area contributed by atoms with Gasteiger partial charge in [-0.25, -0.2) is 4.79 Å². The van der Waals surface area contributed by atoms with Crippen LogP contribution in [-0.2, 0) is 4.74 Å². The van der Waals surface area contributed by atoms with Crippen LogP contribution in [0, 0.1) is 16.7 Å². The van der Waals surface area contributed by atoms with E-state index in [0.717, 1.165) is 25.9 Å². The highest BCUT2D eigenvalue weighted by atomic mass is 16.5. The Balaban J connectivity index is 1.57. The zero-order valence-corrected chi connectivity index (χ0v) is 14.6. The minimum absolute atomic E-state index is 0.0775. The van der Waals surface area contributed by atoms with Crippen LogP contribution in [0.5, 0.6) is 0 Å². The average molecular weight is 324 g/mol. The van der Waals surface area contributed by atoms with E-state index >= 15 is 0 Å². The number of hydrogen-bond acceptors (Lipinski definition) is 3. The Morgan fingerprint density at radius 2 is 2.00 bits per heavy atom. The summed E-state index contributed by atoms with van der Waals surface area (Å²) in [4.78, 5) is 12.4. The van der Waals surface area contributed by atoms with Gasteiger partial charge in [-0.15, -0.1) is 0 Å². The first-order valence-corrected chi connectivity index (χ1v) is 9.37. The highest BCUT2D eigenvalue weighted by Gasteiger charge is 2.65. The lowest BCUT2D eigenvalue weighted by atomic mass is 9.54. The Hall–Kier alpha value is -0.810. The highest BCUT2D eigenvalue weighted by molar-refractivity contribution is 5.74. The molecule has 132 valence electrons. The lowest BCUT2D eigenvalue weighted by Gasteiger charge is -2.56. The summed E-state index contributed by atoms with van der Waals surface area (Å²) in [6, 6.07) is 0.190. The number of nitrogens with one attached hydrogen (secondary N) is 2. The minimum Gasteiger partial charge on any atom is -0.396 e. The maximum atomic E-state index is 12.4. The van der Waals surface area contributed by atoms with Crippen LogP contribution in [0.4, 0.5) is 4.79 Å². The molecular weight excluding hydrogens is 292 g/mol. The van der Waals surface area contributed by atoms with Crippen LogP contribution in [0.1, 0.15) is 58.8 Å². The van der Waals surface area contributed by atoms with Crippen molar-refractivity contribution in [2.75, 3.05) is 19.8 Å². The maximum absolute atomic E-state index is 12.4. The molecule has 1 spiro atoms. The third kappa shape index (κ3) is 2.76. The molecule has 0 aromatic rings. The summed E-state index contributed by atoms with van der Waals surface area (Å²) in [5, 5.41) is 15.9. The molecule has 3 unspecified atom stereocenters. The average Bonchev–Trinajstić information content (AvgIpc) is 3.23. The predicted molar refractivity (Wildman–Crippen MR) is 89.2 cm³/mol. The Bertz CT molecular complexity index is 422. The lowest BCUT2D eigenvalue weighted by Crippen LogP contribution is -2.69. The van der Waals surface area contributed by atoms with Crippen molar-refractivity contribution >= 4 is 6.03 Å². The fourth-order valence-electron chi connectivity index (χ4n) is 5.14. The molecule has 5 heteroatoms. The number of carbonyl (C=O) groups is 1. The van der Waals surface area contributed by atoms with Gasteiger partial charge in [0.1, 0.15) is 0 Å². The molecule has 1 saturated heterocycles. The largest absolute Gasteiger partial charge is 0.396 e. The van der Waals surface area contributed by atoms with Gasteiger partial charge in [-0.3, -0.25) is 0 Å². The molecule has 5 nitrogen and oxygen atoms in total. The Morgan fingerprint density at radius 3 is 2.61 bits per heavy atom. The highest BCUT2D eigenvalue weighted by Crippen LogP contribution is 2.60. The molecule has 1 heterocycles. The van der Waals surface area contributed by atoms with Gasteiger partial charge in [0.05, 0.1) is 12.7 Å². The Kier molecular flexibility index (Phi) is 4.88. The standard InChI is InChI=1S/C18H32N2O3/c1-3-17(4-2,12-21)11-19-16(22)20-14-13-7-10-23-15(13)18(14)8-5-6-9-18/h13-15,21H,3-12H2,1-2H3,(H2,19,20,22). The lowest BCUT2D eigenvalue weighted by molar-refractivity contribution is -0.126. The number of ether oxygens (including phenoxy) is 1. The number of fused-ring (bicyclic) bond motifs is 2. The van der Waals surface area contributed by atoms with Gasteiger partial charge < -0.3 is 20.5 Å². The van der Waals surface area contributed by atoms with Crippen molar-refractivity contribution in [3.63, 3.8) is 0 Å². The van der Waals surface area contributed by atoms with Crippen molar-refractivity contribution in [2.24, 2.45) is 16.7 Å². The molecule has 3 aliphatic rings. The summed E-state index contributed by atoms with van der Waals surface area (Å²) in [6.45, 7) is 5.63. The van der Waals surface area contributed by atoms with Crippen molar-refractivity contribution in [1.29, 1.82) is 0 Å². The van der Waals surface area contributed by atoms with Crippen LogP contribution in [0.25, 0.3) is 0 Å². The molecular formula is C18H32N2O3. The van der Waals surface area contributed by atoms with E-state index in [0.29, 0.717) is 18.6 Å². The number of aliphatic hydroxyl groups excluding tert-OH is 1. The van der Waals surface area contributed by atoms with E-state index in [1.54, 1.807) is 0 Å². The molecule has 3 fully saturated rings. The molecule has 23 heavy (non-hydrogen) atoms. The SMILES string of the molecule is CCC(CC)(CO)CNC(=O)NC1C2CCOC2C12CCCC2. The van der Waals surface area contributed by atoms with E-state index in [-0.39, 0.29) is 29.5 Å². The zero-order valence-electron chi connectivity index (χ0n) is 14.6. The van der Waals surface area contributed by atoms with E-state index in [2.05, 4.69) is 24.5 Å². The van der Waals surface area contributed by atoms with Gasteiger partial charge in [-0.1, -0.05) is 26.7 Å². The van der Waals surface area contributed by atoms with Gasteiger partial charge in [-0.05, 0) is 32.1 Å². The van der Waals surface area contributed by atoms with Crippen molar-refractivity contribution in [2.45, 2.75) is 70.9 Å². The molecule has 0 aromatic heterocycles. The number of aliphatic hydroxyl groups is 1. The van der Waals surface area contributed by atoms with Gasteiger partial charge in [0, 0.05) is 35.9 Å². The topological polar surface area (TPSA) is 70.6 Å². The molecule has 2 saturated carbocycles. The fourth-order valence-corrected chi connectivity index (χ4v) is 5.14. The summed E-state index contributed by atoms with van der Waals surface area (Å²) in [5.41, 5.74) is 0.00307. The molecule has 3 atom stereocenters. The summed E-state index contributed by atoms with van der Waals surface area (Å²) < 4.78 is 5.96. The van der Waals surface area contributed by atoms with E-state index in [4.69, 9.17) is 4.74 Å². The first-order chi connectivity index (χ1) is 11.1. The first kappa shape index (κ1) is 17.0. The zero-order chi connectivity index (χ0) is 16.5. The Morgan fingerprint density at radius 1 is 1.30 bits per heavy atom. The second-order valence-corrected chi connectivity index (χ2v) is 7.85. The summed E-state index contributed by atoms with van der Waals surface area (Å²) in [7, 11) is 0. The number of carbonyl (C=O) groups excluding carboxylic acids is 1. The normalized spacial score (nSPS) is 31.7. The molecule has 1 aliphatic heterocycles. The first-order valence-electron chi connectivity index (χ1n) is 9.37. The summed E-state index contributed by atoms with van der Waals surface area (Å²) in [5.74, 6) is 0.499. The second-order valence-electron chi connectivity index (χ2n) is 7.85. The van der Waals surface area contributed by atoms with Crippen LogP contribution in [0.3, 0.4) is 0 Å². The van der Waals surface area contributed by atoms with Crippen molar-refractivity contribution in [3.05, 3.63) is 0 Å². The maximum Gasteiger partial charge on any atom is 0.315 e. The van der Waals surface area contributed by atoms with E-state index < -0.39 is 0 Å². The van der Waals surface area contributed by atoms with E-state index in [1.807, 2.05) is 0 Å². The molecule has 3 rings (SSSR count). The predicted octanol–water partition coefficient (Wildman–Crippen LogP) is 2.43. The van der Waals surface area contributed by atoms with Crippen molar-refractivity contribution < 1.29 is 14.6 Å². The van der Waals surface area contributed by atoms with E-state index in [9.17, 15) is 9.90 Å². The quantitative estimate of drug-likeness (QED) is 0.703. The third-order valence-corrected chi connectivity index (χ3v) is 7.03. The molecule has 3 N–H and O–H groups in total. The second kappa shape index (κ2) is 6.60. The number of amides is 2. The number of rotatable bonds is 6. The van der Waals surface area contributed by atoms with Crippen molar-refractivity contribution in [1.82, 2.24) is 10.6 Å². The van der Waals surface area contributed by atoms with E-state index in [1.165, 1.54) is 25.7 Å². The van der Waals surface area contributed by atoms with Crippen LogP contribution in [-0.4, -0.2) is 43.0 Å². The molecule has 2 aliphatic carbocycles. The van der Waals surface area contributed by atoms with Gasteiger partial charge in [0.2, 0.25) is 0 Å². The van der Waals surface area contributed by atoms with Crippen LogP contribution < -0.4 is 10.6 Å². The van der Waals surface area contributed by atoms with Crippen LogP contribution in [0.2, 0.25) is 0 Å². The summed E-state index contributed by atoms with van der Waals surface area (Å²) >= 11 is 0. The Labute approximate surface area is 139 Å². The van der Waals surface area contributed by atoms with Gasteiger partial charge in [0.25, 0.3) is 0 Å². The molecule has 2 amide bonds. The van der Waals surface area contributed by atoms with Gasteiger partial charge >= 0.3 is 6.03 Å². The molecule has 0 radical (unpaired) electrons. The smallest absolute Gasteiger partial charge is 0.315 e. The minimum atomic E-state index is -0.193. The van der Waals surface area contributed by atoms with Crippen LogP contribution >= 0.6 is 0 Å². The third-order valence-electron chi connectivity index (χ3n) is 7.03. The van der Waals surface area contributed by atoms with Crippen LogP contribution in [0.15, 0.2) is 0 Å².